The van der Waals surface area contributed by atoms with E-state index in [1.807, 2.05) is 23.6 Å². The molecule has 2 amide bonds. The smallest absolute Gasteiger partial charge is 0.419 e. The van der Waals surface area contributed by atoms with Crippen LogP contribution >= 0.6 is 11.3 Å². The monoisotopic (exact) mass is 371 g/mol. The van der Waals surface area contributed by atoms with E-state index in [4.69, 9.17) is 4.74 Å². The Morgan fingerprint density at radius 1 is 1.27 bits per heavy atom. The minimum Gasteiger partial charge on any atom is -0.445 e. The van der Waals surface area contributed by atoms with Gasteiger partial charge in [0.05, 0.1) is 22.6 Å². The molecule has 0 saturated carbocycles. The Balaban J connectivity index is 1.68. The number of hydrogen-bond donors (Lipinski definition) is 1. The Morgan fingerprint density at radius 3 is 2.88 bits per heavy atom. The second-order valence-corrected chi connectivity index (χ2v) is 7.67. The predicted molar refractivity (Wildman–Crippen MR) is 102 cm³/mol. The summed E-state index contributed by atoms with van der Waals surface area (Å²) >= 11 is 1.39. The zero-order chi connectivity index (χ0) is 18.3. The summed E-state index contributed by atoms with van der Waals surface area (Å²) in [5.74, 6) is 0.0540. The Hall–Kier alpha value is -2.38. The highest BCUT2D eigenvalue weighted by Gasteiger charge is 2.34. The molecular formula is C19H21N3O3S. The molecule has 1 aromatic heterocycles. The third-order valence-corrected chi connectivity index (χ3v) is 5.72. The highest BCUT2D eigenvalue weighted by molar-refractivity contribution is 7.08. The topological polar surface area (TPSA) is 61.9 Å². The zero-order valence-electron chi connectivity index (χ0n) is 14.8. The number of fused-ring (bicyclic) bond motifs is 2. The van der Waals surface area contributed by atoms with Gasteiger partial charge in [0, 0.05) is 29.8 Å². The summed E-state index contributed by atoms with van der Waals surface area (Å²) in [5, 5.41) is 6.45. The summed E-state index contributed by atoms with van der Waals surface area (Å²) < 4.78 is 5.89. The maximum absolute atomic E-state index is 13.1. The Morgan fingerprint density at radius 2 is 2.08 bits per heavy atom. The van der Waals surface area contributed by atoms with Crippen molar-refractivity contribution in [2.75, 3.05) is 30.4 Å². The number of nitrogens with one attached hydrogen (secondary N) is 1. The number of carbonyl (C=O) groups excluding carboxylic acids is 2. The van der Waals surface area contributed by atoms with E-state index in [0.29, 0.717) is 22.6 Å². The molecule has 1 N–H and O–H groups in total. The maximum Gasteiger partial charge on any atom is 0.419 e. The molecule has 4 rings (SSSR count). The second-order valence-electron chi connectivity index (χ2n) is 6.93. The van der Waals surface area contributed by atoms with Crippen LogP contribution in [0.2, 0.25) is 0 Å². The SMILES string of the molecule is CC1CN(C)CCC1OC(=O)N1c2ccccc2NC(=O)c2cscc21. The summed E-state index contributed by atoms with van der Waals surface area (Å²) in [6, 6.07) is 7.30. The van der Waals surface area contributed by atoms with Crippen molar-refractivity contribution in [2.45, 2.75) is 19.4 Å². The normalized spacial score (nSPS) is 22.8. The molecule has 26 heavy (non-hydrogen) atoms. The summed E-state index contributed by atoms with van der Waals surface area (Å²) in [4.78, 5) is 29.4. The molecule has 1 fully saturated rings. The van der Waals surface area contributed by atoms with E-state index in [1.54, 1.807) is 11.4 Å². The van der Waals surface area contributed by atoms with Crippen LogP contribution in [0.5, 0.6) is 0 Å². The lowest BCUT2D eigenvalue weighted by atomic mass is 9.97. The van der Waals surface area contributed by atoms with E-state index in [0.717, 1.165) is 19.5 Å². The van der Waals surface area contributed by atoms with Crippen LogP contribution in [0.3, 0.4) is 0 Å². The van der Waals surface area contributed by atoms with E-state index in [-0.39, 0.29) is 17.9 Å². The van der Waals surface area contributed by atoms with Crippen molar-refractivity contribution in [1.82, 2.24) is 4.90 Å². The lowest BCUT2D eigenvalue weighted by molar-refractivity contribution is 0.0262. The molecule has 1 aromatic carbocycles. The minimum absolute atomic E-state index is 0.125. The van der Waals surface area contributed by atoms with Crippen LogP contribution in [0.15, 0.2) is 35.0 Å². The fourth-order valence-corrected chi connectivity index (χ4v) is 4.41. The van der Waals surface area contributed by atoms with Crippen molar-refractivity contribution in [3.8, 4) is 0 Å². The van der Waals surface area contributed by atoms with Crippen molar-refractivity contribution in [3.05, 3.63) is 40.6 Å². The summed E-state index contributed by atoms with van der Waals surface area (Å²) in [6.45, 7) is 3.91. The molecular weight excluding hydrogens is 350 g/mol. The number of para-hydroxylation sites is 2. The molecule has 2 aromatic rings. The van der Waals surface area contributed by atoms with Gasteiger partial charge in [-0.15, -0.1) is 11.3 Å². The number of rotatable bonds is 1. The number of nitrogens with zero attached hydrogens (tertiary/aromatic N) is 2. The molecule has 3 heterocycles. The molecule has 136 valence electrons. The van der Waals surface area contributed by atoms with Gasteiger partial charge in [0.1, 0.15) is 6.10 Å². The number of amides is 2. The number of piperidine rings is 1. The molecule has 7 heteroatoms. The first kappa shape index (κ1) is 17.1. The summed E-state index contributed by atoms with van der Waals surface area (Å²) in [5.41, 5.74) is 2.29. The van der Waals surface area contributed by atoms with Gasteiger partial charge < -0.3 is 15.0 Å². The first-order chi connectivity index (χ1) is 12.5. The van der Waals surface area contributed by atoms with Gasteiger partial charge in [-0.25, -0.2) is 9.69 Å². The van der Waals surface area contributed by atoms with Crippen LogP contribution in [0.25, 0.3) is 0 Å². The fraction of sp³-hybridized carbons (Fsp3) is 0.368. The minimum atomic E-state index is -0.435. The average molecular weight is 371 g/mol. The number of anilines is 3. The number of likely N-dealkylation sites (tertiary alicyclic amines) is 1. The van der Waals surface area contributed by atoms with Gasteiger partial charge >= 0.3 is 6.09 Å². The number of hydrogen-bond acceptors (Lipinski definition) is 5. The Bertz CT molecular complexity index is 850. The first-order valence-electron chi connectivity index (χ1n) is 8.70. The molecule has 0 bridgehead atoms. The van der Waals surface area contributed by atoms with Gasteiger partial charge in [0.15, 0.2) is 0 Å². The van der Waals surface area contributed by atoms with Gasteiger partial charge in [-0.1, -0.05) is 19.1 Å². The maximum atomic E-state index is 13.1. The molecule has 0 spiro atoms. The fourth-order valence-electron chi connectivity index (χ4n) is 3.61. The van der Waals surface area contributed by atoms with Crippen molar-refractivity contribution in [2.24, 2.45) is 5.92 Å². The van der Waals surface area contributed by atoms with Gasteiger partial charge in [-0.2, -0.15) is 0 Å². The van der Waals surface area contributed by atoms with Crippen molar-refractivity contribution >= 4 is 40.4 Å². The van der Waals surface area contributed by atoms with E-state index in [2.05, 4.69) is 24.2 Å². The van der Waals surface area contributed by atoms with E-state index < -0.39 is 6.09 Å². The van der Waals surface area contributed by atoms with Crippen LogP contribution < -0.4 is 10.2 Å². The predicted octanol–water partition coefficient (Wildman–Crippen LogP) is 3.93. The molecule has 2 unspecified atom stereocenters. The molecule has 2 aliphatic heterocycles. The van der Waals surface area contributed by atoms with E-state index in [9.17, 15) is 9.59 Å². The standard InChI is InChI=1S/C19H21N3O3S/c1-12-9-21(2)8-7-17(12)25-19(24)22-15-6-4-3-5-14(15)20-18(23)13-10-26-11-16(13)22/h3-6,10-12,17H,7-9H2,1-2H3,(H,20,23). The molecule has 0 radical (unpaired) electrons. The highest BCUT2D eigenvalue weighted by atomic mass is 32.1. The summed E-state index contributed by atoms with van der Waals surface area (Å²) in [6.07, 6.45) is 0.252. The molecule has 2 atom stereocenters. The third kappa shape index (κ3) is 2.97. The molecule has 2 aliphatic rings. The summed E-state index contributed by atoms with van der Waals surface area (Å²) in [7, 11) is 2.08. The van der Waals surface area contributed by atoms with E-state index in [1.165, 1.54) is 16.2 Å². The first-order valence-corrected chi connectivity index (χ1v) is 9.64. The zero-order valence-corrected chi connectivity index (χ0v) is 15.6. The van der Waals surface area contributed by atoms with Crippen molar-refractivity contribution in [3.63, 3.8) is 0 Å². The van der Waals surface area contributed by atoms with Gasteiger partial charge in [0.2, 0.25) is 0 Å². The van der Waals surface area contributed by atoms with E-state index >= 15 is 0 Å². The van der Waals surface area contributed by atoms with Crippen LogP contribution in [0, 0.1) is 5.92 Å². The number of thiophene rings is 1. The van der Waals surface area contributed by atoms with Gasteiger partial charge in [-0.3, -0.25) is 4.79 Å². The molecule has 1 saturated heterocycles. The van der Waals surface area contributed by atoms with Crippen molar-refractivity contribution in [1.29, 1.82) is 0 Å². The van der Waals surface area contributed by atoms with Crippen LogP contribution in [-0.4, -0.2) is 43.1 Å². The second kappa shape index (κ2) is 6.74. The number of carbonyl (C=O) groups is 2. The quantitative estimate of drug-likeness (QED) is 0.825. The van der Waals surface area contributed by atoms with Crippen LogP contribution in [0.4, 0.5) is 21.9 Å². The van der Waals surface area contributed by atoms with Gasteiger partial charge in [-0.05, 0) is 25.6 Å². The highest BCUT2D eigenvalue weighted by Crippen LogP contribution is 2.40. The average Bonchev–Trinajstić information content (AvgIpc) is 3.04. The van der Waals surface area contributed by atoms with Crippen molar-refractivity contribution < 1.29 is 14.3 Å². The molecule has 0 aliphatic carbocycles. The molecule has 6 nitrogen and oxygen atoms in total. The van der Waals surface area contributed by atoms with Gasteiger partial charge in [0.25, 0.3) is 5.91 Å². The lowest BCUT2D eigenvalue weighted by Gasteiger charge is -2.35. The van der Waals surface area contributed by atoms with Crippen LogP contribution in [0.1, 0.15) is 23.7 Å². The third-order valence-electron chi connectivity index (χ3n) is 4.98. The largest absolute Gasteiger partial charge is 0.445 e. The Kier molecular flexibility index (Phi) is 4.42. The van der Waals surface area contributed by atoms with Crippen LogP contribution in [-0.2, 0) is 4.74 Å². The Labute approximate surface area is 156 Å². The number of ether oxygens (including phenoxy) is 1. The lowest BCUT2D eigenvalue weighted by Crippen LogP contribution is -2.43. The number of benzene rings is 1.